The van der Waals surface area contributed by atoms with E-state index in [9.17, 15) is 0 Å². The fraction of sp³-hybridized carbons (Fsp3) is 1.00. The Kier molecular flexibility index (Phi) is 7.20. The highest BCUT2D eigenvalue weighted by atomic mass is 16.5. The van der Waals surface area contributed by atoms with Crippen LogP contribution in [0.25, 0.3) is 0 Å². The van der Waals surface area contributed by atoms with Gasteiger partial charge in [0.2, 0.25) is 0 Å². The summed E-state index contributed by atoms with van der Waals surface area (Å²) in [5.41, 5.74) is 6.02. The Labute approximate surface area is 113 Å². The minimum absolute atomic E-state index is 0.300. The van der Waals surface area contributed by atoms with Crippen LogP contribution in [0, 0.1) is 5.41 Å². The lowest BCUT2D eigenvalue weighted by atomic mass is 9.87. The van der Waals surface area contributed by atoms with Crippen molar-refractivity contribution >= 4 is 0 Å². The molecule has 0 spiro atoms. The molecule has 18 heavy (non-hydrogen) atoms. The number of nitrogens with two attached hydrogens (primary N) is 1. The average molecular weight is 256 g/mol. The first-order valence-corrected chi connectivity index (χ1v) is 7.63. The number of rotatable bonds is 9. The van der Waals surface area contributed by atoms with Gasteiger partial charge in [0.25, 0.3) is 0 Å². The largest absolute Gasteiger partial charge is 0.372 e. The van der Waals surface area contributed by atoms with E-state index in [2.05, 4.69) is 26.1 Å². The van der Waals surface area contributed by atoms with E-state index in [1.54, 1.807) is 0 Å². The summed E-state index contributed by atoms with van der Waals surface area (Å²) in [4.78, 5) is 0. The van der Waals surface area contributed by atoms with Crippen molar-refractivity contribution in [1.29, 1.82) is 0 Å². The van der Waals surface area contributed by atoms with Gasteiger partial charge in [-0.1, -0.05) is 40.0 Å². The van der Waals surface area contributed by atoms with Gasteiger partial charge in [-0.3, -0.25) is 0 Å². The fourth-order valence-corrected chi connectivity index (χ4v) is 2.62. The quantitative estimate of drug-likeness (QED) is 0.624. The van der Waals surface area contributed by atoms with Crippen molar-refractivity contribution in [1.82, 2.24) is 5.32 Å². The summed E-state index contributed by atoms with van der Waals surface area (Å²) in [6.45, 7) is 9.70. The molecular weight excluding hydrogens is 224 g/mol. The van der Waals surface area contributed by atoms with Crippen LogP contribution in [-0.2, 0) is 4.74 Å². The van der Waals surface area contributed by atoms with E-state index >= 15 is 0 Å². The van der Waals surface area contributed by atoms with Crippen LogP contribution < -0.4 is 11.1 Å². The maximum absolute atomic E-state index is 5.84. The van der Waals surface area contributed by atoms with Crippen LogP contribution >= 0.6 is 0 Å². The van der Waals surface area contributed by atoms with Crippen molar-refractivity contribution in [2.24, 2.45) is 11.1 Å². The Morgan fingerprint density at radius 1 is 1.22 bits per heavy atom. The highest BCUT2D eigenvalue weighted by Gasteiger charge is 2.24. The van der Waals surface area contributed by atoms with Gasteiger partial charge in [-0.05, 0) is 24.7 Å². The lowest BCUT2D eigenvalue weighted by molar-refractivity contribution is 0.0490. The molecule has 1 rings (SSSR count). The van der Waals surface area contributed by atoms with E-state index in [-0.39, 0.29) is 0 Å². The van der Waals surface area contributed by atoms with E-state index in [1.165, 1.54) is 25.7 Å². The van der Waals surface area contributed by atoms with Crippen molar-refractivity contribution in [3.8, 4) is 0 Å². The molecule has 0 aromatic heterocycles. The van der Waals surface area contributed by atoms with Gasteiger partial charge in [-0.2, -0.15) is 0 Å². The summed E-state index contributed by atoms with van der Waals surface area (Å²) in [6.07, 6.45) is 8.28. The van der Waals surface area contributed by atoms with Crippen molar-refractivity contribution in [3.05, 3.63) is 0 Å². The third kappa shape index (κ3) is 6.17. The van der Waals surface area contributed by atoms with Crippen LogP contribution in [-0.4, -0.2) is 31.8 Å². The molecule has 1 heterocycles. The molecular formula is C15H32N2O. The number of unbranched alkanes of at least 4 members (excludes halogenated alkanes) is 2. The standard InChI is InChI=1S/C15H32N2O/c1-4-5-6-9-15(2,3)12-17-11-14-8-7-13(10-16)18-14/h13-14,17H,4-12,16H2,1-3H3. The molecule has 0 saturated carbocycles. The molecule has 0 aromatic carbocycles. The molecule has 108 valence electrons. The predicted octanol–water partition coefficient (Wildman–Crippen LogP) is 2.69. The van der Waals surface area contributed by atoms with Crippen molar-refractivity contribution < 1.29 is 4.74 Å². The van der Waals surface area contributed by atoms with Crippen molar-refractivity contribution in [2.75, 3.05) is 19.6 Å². The lowest BCUT2D eigenvalue weighted by Gasteiger charge is -2.26. The maximum Gasteiger partial charge on any atom is 0.0704 e. The normalized spacial score (nSPS) is 24.7. The molecule has 0 aromatic rings. The zero-order valence-corrected chi connectivity index (χ0v) is 12.5. The van der Waals surface area contributed by atoms with Crippen LogP contribution in [0.3, 0.4) is 0 Å². The first-order valence-electron chi connectivity index (χ1n) is 7.63. The number of hydrogen-bond acceptors (Lipinski definition) is 3. The van der Waals surface area contributed by atoms with Gasteiger partial charge in [-0.25, -0.2) is 0 Å². The third-order valence-corrected chi connectivity index (χ3v) is 3.89. The van der Waals surface area contributed by atoms with E-state index in [0.717, 1.165) is 25.9 Å². The third-order valence-electron chi connectivity index (χ3n) is 3.89. The van der Waals surface area contributed by atoms with Crippen molar-refractivity contribution in [3.63, 3.8) is 0 Å². The van der Waals surface area contributed by atoms with Crippen molar-refractivity contribution in [2.45, 2.75) is 71.5 Å². The molecule has 1 saturated heterocycles. The molecule has 2 unspecified atom stereocenters. The Morgan fingerprint density at radius 3 is 2.56 bits per heavy atom. The highest BCUT2D eigenvalue weighted by Crippen LogP contribution is 2.23. The van der Waals surface area contributed by atoms with Gasteiger partial charge in [0.05, 0.1) is 12.2 Å². The monoisotopic (exact) mass is 256 g/mol. The molecule has 1 fully saturated rings. The lowest BCUT2D eigenvalue weighted by Crippen LogP contribution is -2.35. The van der Waals surface area contributed by atoms with E-state index in [1.807, 2.05) is 0 Å². The molecule has 3 heteroatoms. The zero-order valence-electron chi connectivity index (χ0n) is 12.5. The summed E-state index contributed by atoms with van der Waals surface area (Å²) in [6, 6.07) is 0. The minimum Gasteiger partial charge on any atom is -0.372 e. The van der Waals surface area contributed by atoms with Crippen LogP contribution in [0.1, 0.15) is 59.3 Å². The SMILES string of the molecule is CCCCCC(C)(C)CNCC1CCC(CN)O1. The summed E-state index contributed by atoms with van der Waals surface area (Å²) < 4.78 is 5.84. The second-order valence-electron chi connectivity index (χ2n) is 6.45. The molecule has 0 amide bonds. The summed E-state index contributed by atoms with van der Waals surface area (Å²) >= 11 is 0. The van der Waals surface area contributed by atoms with Crippen LogP contribution in [0.5, 0.6) is 0 Å². The molecule has 0 radical (unpaired) electrons. The summed E-state index contributed by atoms with van der Waals surface area (Å²) in [5.74, 6) is 0. The van der Waals surface area contributed by atoms with Gasteiger partial charge >= 0.3 is 0 Å². The average Bonchev–Trinajstić information content (AvgIpc) is 2.77. The zero-order chi connectivity index (χ0) is 13.4. The topological polar surface area (TPSA) is 47.3 Å². The minimum atomic E-state index is 0.300. The molecule has 3 N–H and O–H groups in total. The Morgan fingerprint density at radius 2 is 1.94 bits per heavy atom. The first-order chi connectivity index (χ1) is 8.57. The summed E-state index contributed by atoms with van der Waals surface area (Å²) in [5, 5.41) is 3.57. The highest BCUT2D eigenvalue weighted by molar-refractivity contribution is 4.78. The molecule has 1 aliphatic heterocycles. The molecule has 3 nitrogen and oxygen atoms in total. The van der Waals surface area contributed by atoms with E-state index in [4.69, 9.17) is 10.5 Å². The van der Waals surface area contributed by atoms with Gasteiger partial charge in [0.15, 0.2) is 0 Å². The predicted molar refractivity (Wildman–Crippen MR) is 77.7 cm³/mol. The Hall–Kier alpha value is -0.120. The van der Waals surface area contributed by atoms with Crippen LogP contribution in [0.4, 0.5) is 0 Å². The second-order valence-corrected chi connectivity index (χ2v) is 6.45. The first kappa shape index (κ1) is 15.9. The van der Waals surface area contributed by atoms with Gasteiger partial charge in [0.1, 0.15) is 0 Å². The Balaban J connectivity index is 2.09. The smallest absolute Gasteiger partial charge is 0.0704 e. The fourth-order valence-electron chi connectivity index (χ4n) is 2.62. The van der Waals surface area contributed by atoms with Crippen LogP contribution in [0.2, 0.25) is 0 Å². The van der Waals surface area contributed by atoms with Gasteiger partial charge in [0, 0.05) is 19.6 Å². The number of nitrogens with one attached hydrogen (secondary N) is 1. The summed E-state index contributed by atoms with van der Waals surface area (Å²) in [7, 11) is 0. The Bertz CT molecular complexity index is 219. The van der Waals surface area contributed by atoms with E-state index in [0.29, 0.717) is 24.2 Å². The molecule has 1 aliphatic rings. The molecule has 2 atom stereocenters. The maximum atomic E-state index is 5.84. The van der Waals surface area contributed by atoms with E-state index < -0.39 is 0 Å². The number of hydrogen-bond donors (Lipinski definition) is 2. The van der Waals surface area contributed by atoms with Gasteiger partial charge in [-0.15, -0.1) is 0 Å². The molecule has 0 aliphatic carbocycles. The number of ether oxygens (including phenoxy) is 1. The van der Waals surface area contributed by atoms with Gasteiger partial charge < -0.3 is 15.8 Å². The molecule has 0 bridgehead atoms. The second kappa shape index (κ2) is 8.13. The van der Waals surface area contributed by atoms with Crippen LogP contribution in [0.15, 0.2) is 0 Å².